The second-order valence-electron chi connectivity index (χ2n) is 23.6. The number of carbonyl (C=O) groups excluding carboxylic acids is 2. The third-order valence-electron chi connectivity index (χ3n) is 16.9. The monoisotopic (exact) mass is 1310 g/mol. The highest BCUT2D eigenvalue weighted by Gasteiger charge is 2.21. The highest BCUT2D eigenvalue weighted by atomic mass is 16.6. The second kappa shape index (κ2) is 46.0. The summed E-state index contributed by atoms with van der Waals surface area (Å²) in [7, 11) is 0. The number of benzene rings is 3. The summed E-state index contributed by atoms with van der Waals surface area (Å²) in [5, 5.41) is 12.1. The van der Waals surface area contributed by atoms with Crippen molar-refractivity contribution in [3.05, 3.63) is 65.2 Å². The molecule has 0 radical (unpaired) electrons. The van der Waals surface area contributed by atoms with Gasteiger partial charge in [-0.3, -0.25) is 24.1 Å². The number of Topliss-reactive ketones (excluding diaryl/α,β-unsaturated/α-hetero) is 2. The quantitative estimate of drug-likeness (QED) is 0.0346. The van der Waals surface area contributed by atoms with Crippen LogP contribution in [0.1, 0.15) is 72.1 Å². The fourth-order valence-electron chi connectivity index (χ4n) is 11.3. The third kappa shape index (κ3) is 28.0. The molecule has 8 rings (SSSR count). The van der Waals surface area contributed by atoms with Gasteiger partial charge in [0.15, 0.2) is 5.82 Å². The molecule has 0 unspecified atom stereocenters. The third-order valence-corrected chi connectivity index (χ3v) is 16.9. The maximum atomic E-state index is 11.2. The van der Waals surface area contributed by atoms with Crippen LogP contribution < -0.4 is 26.8 Å². The van der Waals surface area contributed by atoms with Gasteiger partial charge < -0.3 is 78.1 Å². The van der Waals surface area contributed by atoms with E-state index in [4.69, 9.17) is 73.4 Å². The number of pyridine rings is 1. The molecule has 4 N–H and O–H groups in total. The van der Waals surface area contributed by atoms with Crippen molar-refractivity contribution in [2.75, 3.05) is 247 Å². The molecule has 0 saturated carbocycles. The van der Waals surface area contributed by atoms with E-state index in [1.165, 1.54) is 32.5 Å². The van der Waals surface area contributed by atoms with Crippen molar-refractivity contribution in [3.63, 3.8) is 0 Å². The Morgan fingerprint density at radius 3 is 1.40 bits per heavy atom. The van der Waals surface area contributed by atoms with Gasteiger partial charge in [0.1, 0.15) is 17.1 Å². The van der Waals surface area contributed by atoms with Gasteiger partial charge in [-0.1, -0.05) is 63.1 Å². The summed E-state index contributed by atoms with van der Waals surface area (Å²) < 4.78 is 68.5. The maximum absolute atomic E-state index is 11.2. The van der Waals surface area contributed by atoms with Crippen molar-refractivity contribution in [2.45, 2.75) is 78.7 Å². The molecule has 2 fully saturated rings. The average Bonchev–Trinajstić information content (AvgIpc) is 1.54. The Labute approximate surface area is 557 Å². The highest BCUT2D eigenvalue weighted by Crippen LogP contribution is 2.31. The summed E-state index contributed by atoms with van der Waals surface area (Å²) in [6.45, 7) is 30.9. The lowest BCUT2D eigenvalue weighted by Gasteiger charge is -2.36. The molecule has 23 heteroatoms. The number of ketones is 2. The van der Waals surface area contributed by atoms with Crippen LogP contribution in [-0.4, -0.2) is 272 Å². The predicted octanol–water partition coefficient (Wildman–Crippen LogP) is 5.79. The van der Waals surface area contributed by atoms with Crippen molar-refractivity contribution in [1.82, 2.24) is 29.5 Å². The fraction of sp³-hybridized carbons (Fsp3) is 0.662. The van der Waals surface area contributed by atoms with E-state index < -0.39 is 0 Å². The Morgan fingerprint density at radius 1 is 0.479 bits per heavy atom. The Hall–Kier alpha value is -5.32. The van der Waals surface area contributed by atoms with Crippen LogP contribution in [0.15, 0.2) is 54.7 Å². The molecule has 0 bridgehead atoms. The lowest BCUT2D eigenvalue weighted by molar-refractivity contribution is -0.120. The molecule has 1 aliphatic carbocycles. The first kappa shape index (κ1) is 76.1. The Bertz CT molecular complexity index is 3050. The molecule has 94 heavy (non-hydrogen) atoms. The Balaban J connectivity index is 0.000000266. The summed E-state index contributed by atoms with van der Waals surface area (Å²) in [4.78, 5) is 37.0. The van der Waals surface area contributed by atoms with E-state index in [1.54, 1.807) is 0 Å². The van der Waals surface area contributed by atoms with Crippen molar-refractivity contribution in [1.29, 1.82) is 0 Å². The van der Waals surface area contributed by atoms with Gasteiger partial charge in [0, 0.05) is 138 Å². The molecule has 0 amide bonds. The van der Waals surface area contributed by atoms with Crippen LogP contribution in [0.25, 0.3) is 44.2 Å². The van der Waals surface area contributed by atoms with Crippen LogP contribution in [0, 0.1) is 0 Å². The standard InChI is InChI=1S/C36H55N3O7.C35H56N6O7/c1-2-32(40)10-17-41-19-21-43-23-25-45-27-28-46-26-24-44-22-20-42-18-16-39-14-12-38(13-15-39)11-9-30-7-8-34-35(37)29-31-5-3-4-6-33(31)36(30)34;1-3-5-9-41-28-32-31-27-29(6-7-33(31)37-35(36)34(32)38-41)40-12-10-39(11-13-40)14-16-44-18-20-46-22-24-48-26-25-47-23-21-45-19-17-43-15-8-30(42)4-2/h3-6,8,29H,2,7,9-28,37H2,1H3;6-7,27-28H,3-5,8-26H2,1-2H3,(H2,36,37). The highest BCUT2D eigenvalue weighted by molar-refractivity contribution is 6.09. The minimum absolute atomic E-state index is 0.220. The number of piperazine rings is 2. The largest absolute Gasteiger partial charge is 0.398 e. The number of carbonyl (C=O) groups is 2. The number of nitrogens with zero attached hydrogens (tertiary/aromatic N) is 7. The molecule has 2 saturated heterocycles. The number of unbranched alkanes of at least 4 members (excludes halogenated alkanes) is 1. The lowest BCUT2D eigenvalue weighted by atomic mass is 10.0. The average molecular weight is 1310 g/mol. The van der Waals surface area contributed by atoms with Gasteiger partial charge in [-0.05, 0) is 59.5 Å². The summed E-state index contributed by atoms with van der Waals surface area (Å²) in [6, 6.07) is 17.2. The summed E-state index contributed by atoms with van der Waals surface area (Å²) in [6.07, 6.45) is 10.8. The van der Waals surface area contributed by atoms with E-state index in [-0.39, 0.29) is 11.6 Å². The lowest BCUT2D eigenvalue weighted by Crippen LogP contribution is -2.47. The summed E-state index contributed by atoms with van der Waals surface area (Å²) in [5.41, 5.74) is 18.0. The number of hydrogen-bond donors (Lipinski definition) is 2. The Kier molecular flexibility index (Phi) is 37.2. The normalized spacial score (nSPS) is 14.8. The molecule has 2 aromatic heterocycles. The first-order valence-corrected chi connectivity index (χ1v) is 34.7. The van der Waals surface area contributed by atoms with Crippen molar-refractivity contribution in [2.24, 2.45) is 0 Å². The second-order valence-corrected chi connectivity index (χ2v) is 23.6. The summed E-state index contributed by atoms with van der Waals surface area (Å²) in [5.74, 6) is 0.934. The van der Waals surface area contributed by atoms with E-state index in [2.05, 4.69) is 92.3 Å². The molecular formula is C71H111N9O14. The van der Waals surface area contributed by atoms with Crippen molar-refractivity contribution in [3.8, 4) is 0 Å². The molecule has 3 aromatic carbocycles. The molecule has 0 atom stereocenters. The van der Waals surface area contributed by atoms with E-state index in [0.29, 0.717) is 183 Å². The number of rotatable bonds is 51. The topological polar surface area (TPSA) is 241 Å². The number of nitrogens with two attached hydrogens (primary N) is 2. The number of ether oxygens (including phenoxy) is 12. The molecule has 5 aromatic rings. The van der Waals surface area contributed by atoms with Crippen LogP contribution in [-0.2, 0) is 73.0 Å². The maximum Gasteiger partial charge on any atom is 0.152 e. The van der Waals surface area contributed by atoms with Crippen LogP contribution in [0.5, 0.6) is 0 Å². The van der Waals surface area contributed by atoms with Gasteiger partial charge in [-0.2, -0.15) is 5.10 Å². The fourth-order valence-corrected chi connectivity index (χ4v) is 11.3. The molecule has 2 aliphatic heterocycles. The van der Waals surface area contributed by atoms with E-state index in [0.717, 1.165) is 138 Å². The smallest absolute Gasteiger partial charge is 0.152 e. The molecule has 524 valence electrons. The van der Waals surface area contributed by atoms with E-state index in [9.17, 15) is 9.59 Å². The molecule has 3 aliphatic rings. The van der Waals surface area contributed by atoms with Crippen LogP contribution in [0.4, 0.5) is 17.2 Å². The van der Waals surface area contributed by atoms with Crippen molar-refractivity contribution >= 4 is 73.0 Å². The number of aromatic nitrogens is 3. The van der Waals surface area contributed by atoms with Gasteiger partial charge >= 0.3 is 0 Å². The van der Waals surface area contributed by atoms with Gasteiger partial charge in [0.25, 0.3) is 0 Å². The number of nitrogen functional groups attached to an aromatic ring is 2. The zero-order valence-electron chi connectivity index (χ0n) is 56.9. The molecular weight excluding hydrogens is 1200 g/mol. The molecule has 23 nitrogen and oxygen atoms in total. The van der Waals surface area contributed by atoms with E-state index in [1.807, 2.05) is 18.5 Å². The predicted molar refractivity (Wildman–Crippen MR) is 370 cm³/mol. The SMILES string of the molecule is CCC(=O)CCOCCOCCOCCOCCOCCOCCN1CCN(CCC2=c3c(c(N)cc4ccccc34)=CC2)CC1.CCCCn1cc2c(n1)c(N)nc1ccc(N3CCN(CCOCCOCCOCCOCCOCCOCCC(=O)CC)CC3)cc12. The number of hydrogen-bond acceptors (Lipinski definition) is 22. The zero-order valence-corrected chi connectivity index (χ0v) is 56.9. The number of anilines is 3. The van der Waals surface area contributed by atoms with E-state index >= 15 is 0 Å². The number of fused-ring (bicyclic) bond motifs is 6. The van der Waals surface area contributed by atoms with Gasteiger partial charge in [0.2, 0.25) is 0 Å². The van der Waals surface area contributed by atoms with Crippen LogP contribution >= 0.6 is 0 Å². The van der Waals surface area contributed by atoms with Crippen molar-refractivity contribution < 1.29 is 66.4 Å². The number of aryl methyl sites for hydroxylation is 1. The first-order chi connectivity index (χ1) is 46.2. The van der Waals surface area contributed by atoms with Gasteiger partial charge in [0.05, 0.1) is 164 Å². The minimum atomic E-state index is 0.220. The van der Waals surface area contributed by atoms with Crippen LogP contribution in [0.2, 0.25) is 0 Å². The molecule has 0 spiro atoms. The zero-order chi connectivity index (χ0) is 66.1. The van der Waals surface area contributed by atoms with Crippen LogP contribution in [0.3, 0.4) is 0 Å². The minimum Gasteiger partial charge on any atom is -0.398 e. The first-order valence-electron chi connectivity index (χ1n) is 34.7. The van der Waals surface area contributed by atoms with Gasteiger partial charge in [-0.25, -0.2) is 4.98 Å². The summed E-state index contributed by atoms with van der Waals surface area (Å²) >= 11 is 0. The molecule has 4 heterocycles. The van der Waals surface area contributed by atoms with Gasteiger partial charge in [-0.15, -0.1) is 0 Å². The Morgan fingerprint density at radius 2 is 0.926 bits per heavy atom.